The Morgan fingerprint density at radius 3 is 2.73 bits per heavy atom. The number of rotatable bonds is 3. The highest BCUT2D eigenvalue weighted by Gasteiger charge is 2.23. The average Bonchev–Trinajstić information content (AvgIpc) is 3.28. The molecular weight excluding hydrogens is 422 g/mol. The van der Waals surface area contributed by atoms with Crippen LogP contribution in [0.1, 0.15) is 5.56 Å². The average molecular weight is 434 g/mol. The lowest BCUT2D eigenvalue weighted by atomic mass is 10.1. The molecule has 154 valence electrons. The van der Waals surface area contributed by atoms with Gasteiger partial charge in [0.1, 0.15) is 10.4 Å². The zero-order valence-corrected chi connectivity index (χ0v) is 15.8. The molecule has 0 aliphatic carbocycles. The molecule has 30 heavy (non-hydrogen) atoms. The van der Waals surface area contributed by atoms with E-state index >= 15 is 0 Å². The number of hydrogen-bond acceptors (Lipinski definition) is 6. The van der Waals surface area contributed by atoms with Gasteiger partial charge in [0.2, 0.25) is 16.8 Å². The summed E-state index contributed by atoms with van der Waals surface area (Å²) in [5, 5.41) is 5.43. The van der Waals surface area contributed by atoms with Gasteiger partial charge in [-0.3, -0.25) is 4.57 Å². The van der Waals surface area contributed by atoms with Crippen LogP contribution in [0.15, 0.2) is 40.2 Å². The van der Waals surface area contributed by atoms with Gasteiger partial charge in [-0.2, -0.15) is 0 Å². The first-order valence-electron chi connectivity index (χ1n) is 8.55. The molecule has 0 saturated heterocycles. The molecule has 2 aromatic carbocycles. The van der Waals surface area contributed by atoms with Crippen LogP contribution >= 0.6 is 0 Å². The fourth-order valence-electron chi connectivity index (χ4n) is 3.51. The number of aromatic amines is 1. The number of aromatic nitrogens is 3. The van der Waals surface area contributed by atoms with Crippen molar-refractivity contribution in [2.24, 2.45) is 5.14 Å². The second-order valence-corrected chi connectivity index (χ2v) is 8.16. The molecule has 0 spiro atoms. The van der Waals surface area contributed by atoms with E-state index in [2.05, 4.69) is 9.97 Å². The predicted octanol–water partition coefficient (Wildman–Crippen LogP) is 1.58. The van der Waals surface area contributed by atoms with E-state index in [-0.39, 0.29) is 18.9 Å². The Labute approximate surface area is 166 Å². The molecule has 1 aliphatic rings. The van der Waals surface area contributed by atoms with Crippen LogP contribution < -0.4 is 20.3 Å². The minimum atomic E-state index is -4.44. The number of primary sulfonamides is 1. The number of sulfonamides is 1. The Hall–Kier alpha value is -3.51. The largest absolute Gasteiger partial charge is 0.454 e. The Kier molecular flexibility index (Phi) is 3.85. The maximum atomic E-state index is 14.5. The number of nitrogens with zero attached hydrogens (tertiary/aromatic N) is 2. The van der Waals surface area contributed by atoms with Gasteiger partial charge in [0, 0.05) is 10.9 Å². The maximum absolute atomic E-state index is 14.5. The molecule has 5 rings (SSSR count). The highest BCUT2D eigenvalue weighted by molar-refractivity contribution is 7.89. The van der Waals surface area contributed by atoms with E-state index in [9.17, 15) is 22.0 Å². The Balaban J connectivity index is 1.72. The molecule has 1 aliphatic heterocycles. The molecule has 0 amide bonds. The van der Waals surface area contributed by atoms with E-state index in [0.717, 1.165) is 12.1 Å². The first-order chi connectivity index (χ1) is 14.3. The van der Waals surface area contributed by atoms with Crippen molar-refractivity contribution in [3.05, 3.63) is 58.1 Å². The van der Waals surface area contributed by atoms with Crippen molar-refractivity contribution in [2.75, 3.05) is 6.79 Å². The van der Waals surface area contributed by atoms with Gasteiger partial charge in [-0.1, -0.05) is 6.07 Å². The third-order valence-electron chi connectivity index (χ3n) is 4.86. The van der Waals surface area contributed by atoms with Crippen LogP contribution in [0.3, 0.4) is 0 Å². The lowest BCUT2D eigenvalue weighted by Crippen LogP contribution is -2.20. The quantitative estimate of drug-likeness (QED) is 0.504. The zero-order valence-electron chi connectivity index (χ0n) is 15.0. The Morgan fingerprint density at radius 2 is 1.97 bits per heavy atom. The summed E-state index contributed by atoms with van der Waals surface area (Å²) in [5.74, 6) is -2.08. The summed E-state index contributed by atoms with van der Waals surface area (Å²) in [6, 6.07) is 5.28. The monoisotopic (exact) mass is 434 g/mol. The summed E-state index contributed by atoms with van der Waals surface area (Å²) >= 11 is 0. The van der Waals surface area contributed by atoms with Crippen molar-refractivity contribution >= 4 is 32.0 Å². The maximum Gasteiger partial charge on any atom is 0.326 e. The van der Waals surface area contributed by atoms with Crippen molar-refractivity contribution in [1.82, 2.24) is 14.5 Å². The number of nitrogens with one attached hydrogen (secondary N) is 1. The fraction of sp³-hybridized carbons (Fsp3) is 0.111. The van der Waals surface area contributed by atoms with Crippen molar-refractivity contribution < 1.29 is 26.7 Å². The molecule has 2 aromatic heterocycles. The van der Waals surface area contributed by atoms with Gasteiger partial charge >= 0.3 is 5.69 Å². The first kappa shape index (κ1) is 18.5. The fourth-order valence-corrected chi connectivity index (χ4v) is 4.11. The topological polar surface area (TPSA) is 129 Å². The zero-order chi connectivity index (χ0) is 21.2. The number of halogens is 2. The highest BCUT2D eigenvalue weighted by Crippen LogP contribution is 2.39. The minimum Gasteiger partial charge on any atom is -0.454 e. The van der Waals surface area contributed by atoms with E-state index in [1.54, 1.807) is 12.1 Å². The summed E-state index contributed by atoms with van der Waals surface area (Å²) in [6.07, 6.45) is 1.43. The van der Waals surface area contributed by atoms with E-state index in [0.29, 0.717) is 33.4 Å². The smallest absolute Gasteiger partial charge is 0.326 e. The van der Waals surface area contributed by atoms with Crippen LogP contribution in [0.2, 0.25) is 0 Å². The van der Waals surface area contributed by atoms with Gasteiger partial charge in [0.15, 0.2) is 23.1 Å². The van der Waals surface area contributed by atoms with Crippen molar-refractivity contribution in [2.45, 2.75) is 11.4 Å². The van der Waals surface area contributed by atoms with Crippen molar-refractivity contribution in [3.63, 3.8) is 0 Å². The third-order valence-corrected chi connectivity index (χ3v) is 5.79. The van der Waals surface area contributed by atoms with Gasteiger partial charge in [0.25, 0.3) is 0 Å². The van der Waals surface area contributed by atoms with E-state index < -0.39 is 32.2 Å². The molecular formula is C18H12F2N4O5S. The summed E-state index contributed by atoms with van der Waals surface area (Å²) < 4.78 is 63.5. The van der Waals surface area contributed by atoms with Gasteiger partial charge in [-0.25, -0.2) is 32.1 Å². The molecule has 12 heteroatoms. The van der Waals surface area contributed by atoms with Crippen LogP contribution in [0.4, 0.5) is 8.78 Å². The van der Waals surface area contributed by atoms with E-state index in [1.807, 2.05) is 0 Å². The summed E-state index contributed by atoms with van der Waals surface area (Å²) in [4.78, 5) is 18.5. The van der Waals surface area contributed by atoms with E-state index in [1.165, 1.54) is 10.8 Å². The SMILES string of the molecule is NS(=O)(=O)c1ccc(Cn2c(=O)[nH]c3cnc4c5c(ccc4c32)OCO5)c(F)c1F. The second-order valence-electron chi connectivity index (χ2n) is 6.63. The highest BCUT2D eigenvalue weighted by atomic mass is 32.2. The molecule has 0 saturated carbocycles. The summed E-state index contributed by atoms with van der Waals surface area (Å²) in [5.41, 5.74) is 0.425. The van der Waals surface area contributed by atoms with Crippen LogP contribution in [-0.4, -0.2) is 29.7 Å². The number of imidazole rings is 1. The normalized spacial score (nSPS) is 13.4. The first-order valence-corrected chi connectivity index (χ1v) is 10.1. The minimum absolute atomic E-state index is 0.0367. The van der Waals surface area contributed by atoms with Crippen molar-refractivity contribution in [1.29, 1.82) is 0 Å². The number of fused-ring (bicyclic) bond motifs is 5. The van der Waals surface area contributed by atoms with Gasteiger partial charge in [0.05, 0.1) is 23.8 Å². The number of ether oxygens (including phenoxy) is 2. The predicted molar refractivity (Wildman–Crippen MR) is 101 cm³/mol. The number of hydrogen-bond donors (Lipinski definition) is 2. The standard InChI is InChI=1S/C18H12F2N4O5S/c19-13-8(1-4-12(14(13)20)30(21,26)27)6-24-16-9-2-3-11-17(29-7-28-11)15(9)22-5-10(16)23-18(24)25/h1-5H,6-7H2,(H,23,25)(H2,21,26,27). The van der Waals surface area contributed by atoms with Crippen molar-refractivity contribution in [3.8, 4) is 11.5 Å². The molecule has 0 atom stereocenters. The summed E-state index contributed by atoms with van der Waals surface area (Å²) in [6.45, 7) is -0.324. The van der Waals surface area contributed by atoms with Crippen LogP contribution in [0.5, 0.6) is 11.5 Å². The van der Waals surface area contributed by atoms with Gasteiger partial charge < -0.3 is 14.5 Å². The third kappa shape index (κ3) is 2.64. The number of pyridine rings is 1. The van der Waals surface area contributed by atoms with Gasteiger partial charge in [-0.15, -0.1) is 0 Å². The number of benzene rings is 2. The molecule has 3 N–H and O–H groups in total. The van der Waals surface area contributed by atoms with Crippen LogP contribution in [0, 0.1) is 11.6 Å². The van der Waals surface area contributed by atoms with E-state index in [4.69, 9.17) is 14.6 Å². The molecule has 4 aromatic rings. The summed E-state index contributed by atoms with van der Waals surface area (Å²) in [7, 11) is -4.44. The Bertz CT molecular complexity index is 1530. The van der Waals surface area contributed by atoms with Crippen LogP contribution in [-0.2, 0) is 16.6 Å². The molecule has 9 nitrogen and oxygen atoms in total. The number of nitrogens with two attached hydrogens (primary N) is 1. The number of H-pyrrole nitrogens is 1. The lowest BCUT2D eigenvalue weighted by molar-refractivity contribution is 0.174. The molecule has 0 fully saturated rings. The second kappa shape index (κ2) is 6.24. The Morgan fingerprint density at radius 1 is 1.17 bits per heavy atom. The van der Waals surface area contributed by atoms with Crippen LogP contribution in [0.25, 0.3) is 21.9 Å². The van der Waals surface area contributed by atoms with Gasteiger partial charge in [-0.05, 0) is 18.2 Å². The molecule has 3 heterocycles. The molecule has 0 bridgehead atoms. The molecule has 0 unspecified atom stereocenters. The molecule has 0 radical (unpaired) electrons. The lowest BCUT2D eigenvalue weighted by Gasteiger charge is -2.10.